The van der Waals surface area contributed by atoms with E-state index >= 15 is 0 Å². The Kier molecular flexibility index (Phi) is 3.17. The SMILES string of the molecule is COCCNc1nc(Br)cn2ccnc12. The number of methoxy groups -OCH3 is 1. The van der Waals surface area contributed by atoms with Crippen LogP contribution in [0, 0.1) is 0 Å². The number of hydrogen-bond donors (Lipinski definition) is 1. The van der Waals surface area contributed by atoms with Crippen molar-refractivity contribution in [1.82, 2.24) is 14.4 Å². The highest BCUT2D eigenvalue weighted by atomic mass is 79.9. The van der Waals surface area contributed by atoms with E-state index < -0.39 is 0 Å². The van der Waals surface area contributed by atoms with Gasteiger partial charge in [-0.05, 0) is 15.9 Å². The standard InChI is InChI=1S/C9H11BrN4O/c1-15-5-3-11-8-9-12-2-4-14(9)6-7(10)13-8/h2,4,6H,3,5H2,1H3,(H,11,13). The number of ether oxygens (including phenoxy) is 1. The van der Waals surface area contributed by atoms with Crippen molar-refractivity contribution in [2.45, 2.75) is 0 Å². The molecule has 0 aromatic carbocycles. The Bertz CT molecular complexity index is 456. The third-order valence-corrected chi connectivity index (χ3v) is 2.33. The van der Waals surface area contributed by atoms with Crippen LogP contribution in [0.4, 0.5) is 5.82 Å². The molecule has 0 atom stereocenters. The van der Waals surface area contributed by atoms with Gasteiger partial charge in [-0.15, -0.1) is 0 Å². The van der Waals surface area contributed by atoms with Crippen molar-refractivity contribution in [3.63, 3.8) is 0 Å². The van der Waals surface area contributed by atoms with Crippen LogP contribution in [0.5, 0.6) is 0 Å². The van der Waals surface area contributed by atoms with Crippen molar-refractivity contribution in [3.8, 4) is 0 Å². The molecule has 0 saturated heterocycles. The molecule has 15 heavy (non-hydrogen) atoms. The van der Waals surface area contributed by atoms with E-state index in [2.05, 4.69) is 31.2 Å². The summed E-state index contributed by atoms with van der Waals surface area (Å²) in [5.41, 5.74) is 0.814. The van der Waals surface area contributed by atoms with Gasteiger partial charge in [0.25, 0.3) is 0 Å². The Morgan fingerprint density at radius 1 is 1.60 bits per heavy atom. The predicted octanol–water partition coefficient (Wildman–Crippen LogP) is 1.55. The molecule has 2 aromatic rings. The lowest BCUT2D eigenvalue weighted by atomic mass is 10.5. The lowest BCUT2D eigenvalue weighted by molar-refractivity contribution is 0.210. The fourth-order valence-corrected chi connectivity index (χ4v) is 1.69. The van der Waals surface area contributed by atoms with Crippen LogP contribution in [0.25, 0.3) is 5.65 Å². The molecule has 0 aliphatic rings. The molecule has 0 unspecified atom stereocenters. The number of nitrogens with zero attached hydrogens (tertiary/aromatic N) is 3. The maximum Gasteiger partial charge on any atom is 0.180 e. The van der Waals surface area contributed by atoms with Crippen LogP contribution in [0.15, 0.2) is 23.2 Å². The molecule has 0 aliphatic carbocycles. The third kappa shape index (κ3) is 2.27. The van der Waals surface area contributed by atoms with Gasteiger partial charge in [-0.1, -0.05) is 0 Å². The van der Waals surface area contributed by atoms with E-state index in [4.69, 9.17) is 4.74 Å². The first-order valence-corrected chi connectivity index (χ1v) is 5.32. The molecular formula is C9H11BrN4O. The van der Waals surface area contributed by atoms with Gasteiger partial charge in [-0.2, -0.15) is 0 Å². The molecule has 5 nitrogen and oxygen atoms in total. The summed E-state index contributed by atoms with van der Waals surface area (Å²) in [7, 11) is 1.67. The maximum absolute atomic E-state index is 4.96. The van der Waals surface area contributed by atoms with Gasteiger partial charge in [-0.25, -0.2) is 9.97 Å². The van der Waals surface area contributed by atoms with E-state index in [-0.39, 0.29) is 0 Å². The zero-order valence-electron chi connectivity index (χ0n) is 8.27. The minimum Gasteiger partial charge on any atom is -0.383 e. The summed E-state index contributed by atoms with van der Waals surface area (Å²) in [5.74, 6) is 0.756. The number of nitrogens with one attached hydrogen (secondary N) is 1. The second kappa shape index (κ2) is 4.59. The van der Waals surface area contributed by atoms with Gasteiger partial charge < -0.3 is 14.5 Å². The smallest absolute Gasteiger partial charge is 0.180 e. The van der Waals surface area contributed by atoms with Crippen molar-refractivity contribution < 1.29 is 4.74 Å². The highest BCUT2D eigenvalue weighted by molar-refractivity contribution is 9.10. The molecule has 0 fully saturated rings. The zero-order valence-corrected chi connectivity index (χ0v) is 9.86. The second-order valence-corrected chi connectivity index (χ2v) is 3.80. The van der Waals surface area contributed by atoms with E-state index in [9.17, 15) is 0 Å². The number of rotatable bonds is 4. The first kappa shape index (κ1) is 10.4. The largest absolute Gasteiger partial charge is 0.383 e. The molecule has 2 aromatic heterocycles. The predicted molar refractivity (Wildman–Crippen MR) is 61.1 cm³/mol. The molecule has 0 spiro atoms. The summed E-state index contributed by atoms with van der Waals surface area (Å²) in [6.45, 7) is 1.35. The average Bonchev–Trinajstić information content (AvgIpc) is 2.65. The number of fused-ring (bicyclic) bond motifs is 1. The monoisotopic (exact) mass is 270 g/mol. The number of aromatic nitrogens is 3. The van der Waals surface area contributed by atoms with Gasteiger partial charge in [0, 0.05) is 32.2 Å². The summed E-state index contributed by atoms with van der Waals surface area (Å²) < 4.78 is 7.64. The average molecular weight is 271 g/mol. The van der Waals surface area contributed by atoms with Crippen LogP contribution in [0.1, 0.15) is 0 Å². The van der Waals surface area contributed by atoms with Gasteiger partial charge in [0.05, 0.1) is 6.61 Å². The fourth-order valence-electron chi connectivity index (χ4n) is 1.29. The minimum atomic E-state index is 0.640. The van der Waals surface area contributed by atoms with Crippen molar-refractivity contribution in [1.29, 1.82) is 0 Å². The molecule has 6 heteroatoms. The molecular weight excluding hydrogens is 260 g/mol. The van der Waals surface area contributed by atoms with E-state index in [1.165, 1.54) is 0 Å². The van der Waals surface area contributed by atoms with Crippen LogP contribution >= 0.6 is 15.9 Å². The van der Waals surface area contributed by atoms with Crippen molar-refractivity contribution in [2.24, 2.45) is 0 Å². The van der Waals surface area contributed by atoms with E-state index in [1.807, 2.05) is 16.8 Å². The van der Waals surface area contributed by atoms with Crippen LogP contribution in [-0.4, -0.2) is 34.6 Å². The van der Waals surface area contributed by atoms with E-state index in [0.29, 0.717) is 13.2 Å². The molecule has 1 N–H and O–H groups in total. The Morgan fingerprint density at radius 3 is 3.27 bits per heavy atom. The molecule has 2 heterocycles. The van der Waals surface area contributed by atoms with Crippen molar-refractivity contribution >= 4 is 27.4 Å². The Morgan fingerprint density at radius 2 is 2.47 bits per heavy atom. The van der Waals surface area contributed by atoms with Gasteiger partial charge in [0.1, 0.15) is 4.60 Å². The van der Waals surface area contributed by atoms with Gasteiger partial charge in [-0.3, -0.25) is 0 Å². The molecule has 0 saturated carbocycles. The third-order valence-electron chi connectivity index (χ3n) is 1.94. The first-order valence-electron chi connectivity index (χ1n) is 4.53. The van der Waals surface area contributed by atoms with Crippen LogP contribution in [0.3, 0.4) is 0 Å². The number of anilines is 1. The highest BCUT2D eigenvalue weighted by Crippen LogP contribution is 2.16. The summed E-state index contributed by atoms with van der Waals surface area (Å²) in [4.78, 5) is 8.53. The Balaban J connectivity index is 2.27. The fraction of sp³-hybridized carbons (Fsp3) is 0.333. The van der Waals surface area contributed by atoms with Crippen LogP contribution in [-0.2, 0) is 4.74 Å². The molecule has 0 bridgehead atoms. The maximum atomic E-state index is 4.96. The molecule has 2 rings (SSSR count). The topological polar surface area (TPSA) is 51.5 Å². The van der Waals surface area contributed by atoms with Crippen LogP contribution in [0.2, 0.25) is 0 Å². The normalized spacial score (nSPS) is 10.8. The highest BCUT2D eigenvalue weighted by Gasteiger charge is 2.04. The molecule has 0 aliphatic heterocycles. The molecule has 0 amide bonds. The quantitative estimate of drug-likeness (QED) is 0.857. The van der Waals surface area contributed by atoms with Gasteiger partial charge >= 0.3 is 0 Å². The van der Waals surface area contributed by atoms with Gasteiger partial charge in [0.2, 0.25) is 0 Å². The summed E-state index contributed by atoms with van der Waals surface area (Å²) in [6.07, 6.45) is 5.48. The summed E-state index contributed by atoms with van der Waals surface area (Å²) in [5, 5.41) is 3.17. The van der Waals surface area contributed by atoms with Crippen molar-refractivity contribution in [2.75, 3.05) is 25.6 Å². The number of imidazole rings is 1. The summed E-state index contributed by atoms with van der Waals surface area (Å²) >= 11 is 3.35. The zero-order chi connectivity index (χ0) is 10.7. The van der Waals surface area contributed by atoms with E-state index in [1.54, 1.807) is 13.3 Å². The molecule has 80 valence electrons. The minimum absolute atomic E-state index is 0.640. The lowest BCUT2D eigenvalue weighted by Crippen LogP contribution is -2.10. The van der Waals surface area contributed by atoms with Crippen LogP contribution < -0.4 is 5.32 Å². The Labute approximate surface area is 95.6 Å². The first-order chi connectivity index (χ1) is 7.31. The Hall–Kier alpha value is -1.14. The van der Waals surface area contributed by atoms with Crippen molar-refractivity contribution in [3.05, 3.63) is 23.2 Å². The summed E-state index contributed by atoms with van der Waals surface area (Å²) in [6, 6.07) is 0. The number of hydrogen-bond acceptors (Lipinski definition) is 4. The lowest BCUT2D eigenvalue weighted by Gasteiger charge is -2.06. The second-order valence-electron chi connectivity index (χ2n) is 2.99. The van der Waals surface area contributed by atoms with Gasteiger partial charge in [0.15, 0.2) is 11.5 Å². The van der Waals surface area contributed by atoms with E-state index in [0.717, 1.165) is 16.1 Å². The number of halogens is 1. The molecule has 0 radical (unpaired) electrons.